The number of carbonyl (C=O) groups is 1. The molecule has 0 bridgehead atoms. The van der Waals surface area contributed by atoms with Crippen LogP contribution in [0.2, 0.25) is 5.02 Å². The van der Waals surface area contributed by atoms with E-state index in [1.807, 2.05) is 17.2 Å². The summed E-state index contributed by atoms with van der Waals surface area (Å²) in [6, 6.07) is 0. The Morgan fingerprint density at radius 2 is 2.12 bits per heavy atom. The molecule has 1 aromatic heterocycles. The summed E-state index contributed by atoms with van der Waals surface area (Å²) < 4.78 is 0. The monoisotopic (exact) mass is 277 g/mol. The van der Waals surface area contributed by atoms with Gasteiger partial charge < -0.3 is 4.90 Å². The van der Waals surface area contributed by atoms with Crippen molar-refractivity contribution in [3.8, 4) is 0 Å². The summed E-state index contributed by atoms with van der Waals surface area (Å²) in [4.78, 5) is 14.7. The lowest BCUT2D eigenvalue weighted by molar-refractivity contribution is 0.0731. The van der Waals surface area contributed by atoms with Gasteiger partial charge in [-0.3, -0.25) is 4.79 Å². The summed E-state index contributed by atoms with van der Waals surface area (Å²) in [5.41, 5.74) is 0.974. The number of likely N-dealkylation sites (tertiary alicyclic amines) is 1. The highest BCUT2D eigenvalue weighted by atomic mass is 35.5. The van der Waals surface area contributed by atoms with E-state index in [-0.39, 0.29) is 11.3 Å². The van der Waals surface area contributed by atoms with Crippen LogP contribution in [0.4, 0.5) is 0 Å². The highest BCUT2D eigenvalue weighted by Gasteiger charge is 2.25. The maximum absolute atomic E-state index is 12.1. The van der Waals surface area contributed by atoms with E-state index in [2.05, 4.69) is 0 Å². The summed E-state index contributed by atoms with van der Waals surface area (Å²) in [6.45, 7) is 3.39. The number of hydrogen-bond acceptors (Lipinski definition) is 2. The van der Waals surface area contributed by atoms with Gasteiger partial charge in [0.05, 0.1) is 5.02 Å². The Labute approximate surface area is 109 Å². The lowest BCUT2D eigenvalue weighted by Crippen LogP contribution is -2.38. The fourth-order valence-electron chi connectivity index (χ4n) is 1.77. The third-order valence-corrected chi connectivity index (χ3v) is 4.93. The minimum atomic E-state index is 0.0478. The molecule has 0 radical (unpaired) electrons. The molecule has 2 nitrogen and oxygen atoms in total. The van der Waals surface area contributed by atoms with Gasteiger partial charge in [0.25, 0.3) is 5.91 Å². The van der Waals surface area contributed by atoms with Crippen molar-refractivity contribution < 1.29 is 4.79 Å². The molecule has 0 aliphatic carbocycles. The molecule has 0 atom stereocenters. The Bertz CT molecular complexity index is 397. The zero-order chi connectivity index (χ0) is 11.7. The molecule has 0 saturated carbocycles. The van der Waals surface area contributed by atoms with Crippen LogP contribution in [-0.2, 0) is 0 Å². The van der Waals surface area contributed by atoms with Gasteiger partial charge in [0, 0.05) is 18.5 Å². The molecule has 16 heavy (non-hydrogen) atoms. The molecule has 0 N–H and O–H groups in total. The van der Waals surface area contributed by atoms with Gasteiger partial charge >= 0.3 is 0 Å². The molecule has 1 fully saturated rings. The molecule has 2 heterocycles. The Morgan fingerprint density at radius 1 is 1.50 bits per heavy atom. The number of nitrogens with zero attached hydrogens (tertiary/aromatic N) is 1. The van der Waals surface area contributed by atoms with E-state index in [4.69, 9.17) is 23.2 Å². The third kappa shape index (κ3) is 2.36. The van der Waals surface area contributed by atoms with E-state index in [0.29, 0.717) is 9.90 Å². The first-order valence-electron chi connectivity index (χ1n) is 5.26. The van der Waals surface area contributed by atoms with E-state index in [1.54, 1.807) is 0 Å². The predicted molar refractivity (Wildman–Crippen MR) is 68.8 cm³/mol. The van der Waals surface area contributed by atoms with Crippen LogP contribution >= 0.6 is 34.5 Å². The quantitative estimate of drug-likeness (QED) is 0.719. The van der Waals surface area contributed by atoms with Crippen LogP contribution in [-0.4, -0.2) is 29.3 Å². The van der Waals surface area contributed by atoms with Gasteiger partial charge in [-0.2, -0.15) is 0 Å². The molecule has 0 aromatic carbocycles. The molecule has 1 aliphatic rings. The van der Waals surface area contributed by atoms with Crippen molar-refractivity contribution in [2.45, 2.75) is 25.1 Å². The second-order valence-corrected chi connectivity index (χ2v) is 5.90. The van der Waals surface area contributed by atoms with Crippen LogP contribution < -0.4 is 0 Å². The summed E-state index contributed by atoms with van der Waals surface area (Å²) in [5, 5.41) is 2.73. The first kappa shape index (κ1) is 12.2. The number of hydrogen-bond donors (Lipinski definition) is 0. The van der Waals surface area contributed by atoms with E-state index in [9.17, 15) is 4.79 Å². The molecule has 1 amide bonds. The molecule has 1 aliphatic heterocycles. The molecule has 1 aromatic rings. The number of rotatable bonds is 1. The molecule has 0 unspecified atom stereocenters. The SMILES string of the molecule is Cc1csc(C(=O)N2CCC(Cl)CC2)c1Cl. The molecule has 5 heteroatoms. The van der Waals surface area contributed by atoms with E-state index in [1.165, 1.54) is 11.3 Å². The first-order valence-corrected chi connectivity index (χ1v) is 6.96. The highest BCUT2D eigenvalue weighted by Crippen LogP contribution is 2.29. The molecule has 1 saturated heterocycles. The summed E-state index contributed by atoms with van der Waals surface area (Å²) >= 11 is 13.5. The van der Waals surface area contributed by atoms with Gasteiger partial charge in [-0.15, -0.1) is 22.9 Å². The van der Waals surface area contributed by atoms with Crippen molar-refractivity contribution in [2.75, 3.05) is 13.1 Å². The summed E-state index contributed by atoms with van der Waals surface area (Å²) in [7, 11) is 0. The Balaban J connectivity index is 2.11. The van der Waals surface area contributed by atoms with Gasteiger partial charge in [-0.05, 0) is 30.7 Å². The van der Waals surface area contributed by atoms with Crippen molar-refractivity contribution in [1.29, 1.82) is 0 Å². The maximum Gasteiger partial charge on any atom is 0.265 e. The van der Waals surface area contributed by atoms with Gasteiger partial charge in [0.2, 0.25) is 0 Å². The summed E-state index contributed by atoms with van der Waals surface area (Å²) in [6.07, 6.45) is 1.74. The van der Waals surface area contributed by atoms with Crippen molar-refractivity contribution in [1.82, 2.24) is 4.90 Å². The fourth-order valence-corrected chi connectivity index (χ4v) is 3.20. The van der Waals surface area contributed by atoms with Gasteiger partial charge in [0.15, 0.2) is 0 Å². The Morgan fingerprint density at radius 3 is 2.62 bits per heavy atom. The number of alkyl halides is 1. The van der Waals surface area contributed by atoms with Gasteiger partial charge in [-0.25, -0.2) is 0 Å². The second-order valence-electron chi connectivity index (χ2n) is 4.03. The molecule has 0 spiro atoms. The largest absolute Gasteiger partial charge is 0.338 e. The summed E-state index contributed by atoms with van der Waals surface area (Å²) in [5.74, 6) is 0.0478. The molecule has 2 rings (SSSR count). The first-order chi connectivity index (χ1) is 7.59. The predicted octanol–water partition coefficient (Wildman–Crippen LogP) is 3.55. The van der Waals surface area contributed by atoms with E-state index < -0.39 is 0 Å². The average molecular weight is 278 g/mol. The molecular formula is C11H13Cl2NOS. The van der Waals surface area contributed by atoms with Gasteiger partial charge in [0.1, 0.15) is 4.88 Å². The number of aryl methyl sites for hydroxylation is 1. The van der Waals surface area contributed by atoms with Crippen LogP contribution in [0.5, 0.6) is 0 Å². The lowest BCUT2D eigenvalue weighted by atomic mass is 10.1. The van der Waals surface area contributed by atoms with Crippen LogP contribution in [0.15, 0.2) is 5.38 Å². The van der Waals surface area contributed by atoms with Crippen molar-refractivity contribution in [3.63, 3.8) is 0 Å². The van der Waals surface area contributed by atoms with Crippen molar-refractivity contribution in [2.24, 2.45) is 0 Å². The standard InChI is InChI=1S/C11H13Cl2NOS/c1-7-6-16-10(9(7)13)11(15)14-4-2-8(12)3-5-14/h6,8H,2-5H2,1H3. The van der Waals surface area contributed by atoms with Gasteiger partial charge in [-0.1, -0.05) is 11.6 Å². The maximum atomic E-state index is 12.1. The third-order valence-electron chi connectivity index (χ3n) is 2.81. The van der Waals surface area contributed by atoms with Crippen LogP contribution in [0.3, 0.4) is 0 Å². The Kier molecular flexibility index (Phi) is 3.77. The zero-order valence-corrected chi connectivity index (χ0v) is 11.3. The number of carbonyl (C=O) groups excluding carboxylic acids is 1. The van der Waals surface area contributed by atoms with E-state index in [0.717, 1.165) is 31.5 Å². The number of thiophene rings is 1. The number of piperidine rings is 1. The minimum absolute atomic E-state index is 0.0478. The van der Waals surface area contributed by atoms with Crippen molar-refractivity contribution >= 4 is 40.4 Å². The number of halogens is 2. The lowest BCUT2D eigenvalue weighted by Gasteiger charge is -2.29. The topological polar surface area (TPSA) is 20.3 Å². The van der Waals surface area contributed by atoms with Crippen LogP contribution in [0, 0.1) is 6.92 Å². The van der Waals surface area contributed by atoms with E-state index >= 15 is 0 Å². The molecular weight excluding hydrogens is 265 g/mol. The van der Waals surface area contributed by atoms with Crippen LogP contribution in [0.25, 0.3) is 0 Å². The normalized spacial score (nSPS) is 17.8. The minimum Gasteiger partial charge on any atom is -0.338 e. The highest BCUT2D eigenvalue weighted by molar-refractivity contribution is 7.13. The smallest absolute Gasteiger partial charge is 0.265 e. The van der Waals surface area contributed by atoms with Crippen molar-refractivity contribution in [3.05, 3.63) is 20.8 Å². The zero-order valence-electron chi connectivity index (χ0n) is 9.00. The number of amides is 1. The van der Waals surface area contributed by atoms with Crippen LogP contribution in [0.1, 0.15) is 28.1 Å². The molecule has 88 valence electrons. The average Bonchev–Trinajstić information content (AvgIpc) is 2.60. The Hall–Kier alpha value is -0.250. The second kappa shape index (κ2) is 4.94. The fraction of sp³-hybridized carbons (Fsp3) is 0.545.